The van der Waals surface area contributed by atoms with E-state index in [0.29, 0.717) is 6.10 Å². The van der Waals surface area contributed by atoms with Crippen LogP contribution in [-0.2, 0) is 4.74 Å². The standard InChI is InChI=1S/C7H10O/c1-3-4-6(2)7-5-8-7/h3-4,7H,1,5H2,2H3/b6-4+. The van der Waals surface area contributed by atoms with Crippen molar-refractivity contribution in [2.75, 3.05) is 6.61 Å². The van der Waals surface area contributed by atoms with E-state index in [1.165, 1.54) is 5.57 Å². The zero-order valence-corrected chi connectivity index (χ0v) is 5.05. The molecule has 1 aliphatic rings. The lowest BCUT2D eigenvalue weighted by Gasteiger charge is -1.86. The van der Waals surface area contributed by atoms with Crippen molar-refractivity contribution >= 4 is 0 Å². The Morgan fingerprint density at radius 2 is 2.50 bits per heavy atom. The maximum atomic E-state index is 5.01. The lowest BCUT2D eigenvalue weighted by atomic mass is 10.2. The van der Waals surface area contributed by atoms with E-state index in [-0.39, 0.29) is 0 Å². The van der Waals surface area contributed by atoms with Crippen LogP contribution in [0.5, 0.6) is 0 Å². The molecular formula is C7H10O. The van der Waals surface area contributed by atoms with Crippen LogP contribution >= 0.6 is 0 Å². The van der Waals surface area contributed by atoms with Gasteiger partial charge in [-0.05, 0) is 12.5 Å². The van der Waals surface area contributed by atoms with Crippen LogP contribution in [-0.4, -0.2) is 12.7 Å². The lowest BCUT2D eigenvalue weighted by Crippen LogP contribution is -1.83. The lowest BCUT2D eigenvalue weighted by molar-refractivity contribution is 0.432. The molecule has 0 amide bonds. The Balaban J connectivity index is 2.41. The van der Waals surface area contributed by atoms with Crippen molar-refractivity contribution in [3.8, 4) is 0 Å². The van der Waals surface area contributed by atoms with E-state index >= 15 is 0 Å². The van der Waals surface area contributed by atoms with E-state index in [4.69, 9.17) is 4.74 Å². The van der Waals surface area contributed by atoms with Crippen LogP contribution in [0, 0.1) is 0 Å². The van der Waals surface area contributed by atoms with E-state index in [1.807, 2.05) is 6.08 Å². The molecule has 0 spiro atoms. The molecule has 1 rings (SSSR count). The minimum absolute atomic E-state index is 0.410. The fourth-order valence-corrected chi connectivity index (χ4v) is 0.604. The van der Waals surface area contributed by atoms with Gasteiger partial charge in [0.25, 0.3) is 0 Å². The van der Waals surface area contributed by atoms with Crippen molar-refractivity contribution in [3.63, 3.8) is 0 Å². The normalized spacial score (nSPS) is 27.6. The molecule has 1 unspecified atom stereocenters. The first-order valence-corrected chi connectivity index (χ1v) is 2.75. The number of epoxide rings is 1. The molecule has 1 heteroatoms. The minimum atomic E-state index is 0.410. The molecule has 1 atom stereocenters. The largest absolute Gasteiger partial charge is 0.368 e. The number of hydrogen-bond donors (Lipinski definition) is 0. The Hall–Kier alpha value is -0.560. The molecule has 1 fully saturated rings. The van der Waals surface area contributed by atoms with E-state index in [9.17, 15) is 0 Å². The summed E-state index contributed by atoms with van der Waals surface area (Å²) in [5.74, 6) is 0. The summed E-state index contributed by atoms with van der Waals surface area (Å²) in [5.41, 5.74) is 1.28. The second-order valence-corrected chi connectivity index (χ2v) is 1.97. The third-order valence-electron chi connectivity index (χ3n) is 1.22. The summed E-state index contributed by atoms with van der Waals surface area (Å²) in [4.78, 5) is 0. The summed E-state index contributed by atoms with van der Waals surface area (Å²) in [6, 6.07) is 0. The van der Waals surface area contributed by atoms with E-state index in [2.05, 4.69) is 13.5 Å². The summed E-state index contributed by atoms with van der Waals surface area (Å²) >= 11 is 0. The maximum absolute atomic E-state index is 5.01. The Morgan fingerprint density at radius 3 is 2.88 bits per heavy atom. The molecule has 0 bridgehead atoms. The molecule has 1 nitrogen and oxygen atoms in total. The Morgan fingerprint density at radius 1 is 1.88 bits per heavy atom. The highest BCUT2D eigenvalue weighted by Crippen LogP contribution is 2.18. The molecule has 1 saturated heterocycles. The van der Waals surface area contributed by atoms with Gasteiger partial charge in [-0.3, -0.25) is 0 Å². The monoisotopic (exact) mass is 110 g/mol. The predicted octanol–water partition coefficient (Wildman–Crippen LogP) is 1.52. The molecule has 0 N–H and O–H groups in total. The average molecular weight is 110 g/mol. The summed E-state index contributed by atoms with van der Waals surface area (Å²) in [6.07, 6.45) is 4.18. The first-order chi connectivity index (χ1) is 3.84. The Bertz CT molecular complexity index is 120. The SMILES string of the molecule is C=C/C=C(\C)C1CO1. The molecule has 0 aromatic heterocycles. The molecule has 0 saturated carbocycles. The molecule has 1 heterocycles. The molecule has 8 heavy (non-hydrogen) atoms. The fraction of sp³-hybridized carbons (Fsp3) is 0.429. The third-order valence-corrected chi connectivity index (χ3v) is 1.22. The molecule has 0 aromatic carbocycles. The molecule has 0 aromatic rings. The molecule has 44 valence electrons. The smallest absolute Gasteiger partial charge is 0.102 e. The van der Waals surface area contributed by atoms with Gasteiger partial charge in [-0.25, -0.2) is 0 Å². The number of rotatable bonds is 2. The summed E-state index contributed by atoms with van der Waals surface area (Å²) in [5, 5.41) is 0. The van der Waals surface area contributed by atoms with Crippen LogP contribution < -0.4 is 0 Å². The van der Waals surface area contributed by atoms with Gasteiger partial charge in [0.1, 0.15) is 6.10 Å². The van der Waals surface area contributed by atoms with Gasteiger partial charge in [-0.15, -0.1) is 0 Å². The van der Waals surface area contributed by atoms with E-state index < -0.39 is 0 Å². The van der Waals surface area contributed by atoms with Crippen LogP contribution in [0.2, 0.25) is 0 Å². The average Bonchev–Trinajstić information content (AvgIpc) is 2.45. The Kier molecular flexibility index (Phi) is 1.49. The highest BCUT2D eigenvalue weighted by molar-refractivity contribution is 5.15. The van der Waals surface area contributed by atoms with Gasteiger partial charge >= 0.3 is 0 Å². The van der Waals surface area contributed by atoms with Crippen LogP contribution in [0.15, 0.2) is 24.3 Å². The van der Waals surface area contributed by atoms with Crippen molar-refractivity contribution in [1.82, 2.24) is 0 Å². The van der Waals surface area contributed by atoms with Crippen LogP contribution in [0.25, 0.3) is 0 Å². The van der Waals surface area contributed by atoms with Crippen molar-refractivity contribution in [1.29, 1.82) is 0 Å². The summed E-state index contributed by atoms with van der Waals surface area (Å²) in [7, 11) is 0. The maximum Gasteiger partial charge on any atom is 0.102 e. The highest BCUT2D eigenvalue weighted by atomic mass is 16.6. The van der Waals surface area contributed by atoms with Crippen molar-refractivity contribution in [2.45, 2.75) is 13.0 Å². The molecule has 0 aliphatic carbocycles. The second kappa shape index (κ2) is 2.14. The first-order valence-electron chi connectivity index (χ1n) is 2.75. The van der Waals surface area contributed by atoms with Gasteiger partial charge in [-0.1, -0.05) is 18.7 Å². The van der Waals surface area contributed by atoms with Crippen molar-refractivity contribution in [2.24, 2.45) is 0 Å². The zero-order chi connectivity index (χ0) is 5.98. The van der Waals surface area contributed by atoms with Gasteiger partial charge in [-0.2, -0.15) is 0 Å². The van der Waals surface area contributed by atoms with E-state index in [1.54, 1.807) is 6.08 Å². The minimum Gasteiger partial charge on any atom is -0.368 e. The Labute approximate surface area is 49.7 Å². The van der Waals surface area contributed by atoms with Gasteiger partial charge in [0, 0.05) is 0 Å². The molecular weight excluding hydrogens is 100 g/mol. The molecule has 1 aliphatic heterocycles. The van der Waals surface area contributed by atoms with Crippen LogP contribution in [0.4, 0.5) is 0 Å². The number of allylic oxidation sites excluding steroid dienone is 2. The topological polar surface area (TPSA) is 12.5 Å². The third kappa shape index (κ3) is 1.20. The second-order valence-electron chi connectivity index (χ2n) is 1.97. The quantitative estimate of drug-likeness (QED) is 0.388. The predicted molar refractivity (Wildman–Crippen MR) is 33.7 cm³/mol. The van der Waals surface area contributed by atoms with Crippen LogP contribution in [0.1, 0.15) is 6.92 Å². The fourth-order valence-electron chi connectivity index (χ4n) is 0.604. The summed E-state index contributed by atoms with van der Waals surface area (Å²) < 4.78 is 5.01. The van der Waals surface area contributed by atoms with Gasteiger partial charge in [0.2, 0.25) is 0 Å². The number of hydrogen-bond acceptors (Lipinski definition) is 1. The van der Waals surface area contributed by atoms with Crippen molar-refractivity contribution < 1.29 is 4.74 Å². The van der Waals surface area contributed by atoms with Crippen LogP contribution in [0.3, 0.4) is 0 Å². The van der Waals surface area contributed by atoms with Crippen molar-refractivity contribution in [3.05, 3.63) is 24.3 Å². The van der Waals surface area contributed by atoms with E-state index in [0.717, 1.165) is 6.61 Å². The summed E-state index contributed by atoms with van der Waals surface area (Å²) in [6.45, 7) is 6.53. The zero-order valence-electron chi connectivity index (χ0n) is 5.05. The number of ether oxygens (including phenoxy) is 1. The van der Waals surface area contributed by atoms with Gasteiger partial charge in [0.15, 0.2) is 0 Å². The first kappa shape index (κ1) is 5.57. The van der Waals surface area contributed by atoms with Gasteiger partial charge < -0.3 is 4.74 Å². The molecule has 0 radical (unpaired) electrons. The highest BCUT2D eigenvalue weighted by Gasteiger charge is 2.23. The van der Waals surface area contributed by atoms with Gasteiger partial charge in [0.05, 0.1) is 6.61 Å².